The quantitative estimate of drug-likeness (QED) is 0.0219. The number of hydrogen-bond acceptors (Lipinski definition) is 7. The van der Waals surface area contributed by atoms with Gasteiger partial charge >= 0.3 is 19.8 Å². The van der Waals surface area contributed by atoms with Gasteiger partial charge in [-0.15, -0.1) is 0 Å². The lowest BCUT2D eigenvalue weighted by Gasteiger charge is -2.24. The topological polar surface area (TPSA) is 108 Å². The van der Waals surface area contributed by atoms with E-state index in [1.807, 2.05) is 21.1 Å². The maximum Gasteiger partial charge on any atom is 0.472 e. The molecule has 0 aromatic carbocycles. The number of phosphoric ester groups is 1. The summed E-state index contributed by atoms with van der Waals surface area (Å²) in [6.07, 6.45) is 34.0. The molecule has 10 heteroatoms. The minimum Gasteiger partial charge on any atom is -0.462 e. The van der Waals surface area contributed by atoms with Crippen molar-refractivity contribution < 1.29 is 42.1 Å². The molecule has 0 bridgehead atoms. The van der Waals surface area contributed by atoms with Crippen molar-refractivity contribution in [2.24, 2.45) is 0 Å². The van der Waals surface area contributed by atoms with Gasteiger partial charge < -0.3 is 18.9 Å². The summed E-state index contributed by atoms with van der Waals surface area (Å²) < 4.78 is 34.2. The lowest BCUT2D eigenvalue weighted by molar-refractivity contribution is -0.870. The van der Waals surface area contributed by atoms with Gasteiger partial charge in [0.15, 0.2) is 6.10 Å². The summed E-state index contributed by atoms with van der Waals surface area (Å²) in [5.41, 5.74) is 0. The predicted molar refractivity (Wildman–Crippen MR) is 211 cm³/mol. The largest absolute Gasteiger partial charge is 0.472 e. The van der Waals surface area contributed by atoms with Gasteiger partial charge in [-0.3, -0.25) is 18.6 Å². The summed E-state index contributed by atoms with van der Waals surface area (Å²) in [5, 5.41) is 0. The molecule has 1 unspecified atom stereocenters. The van der Waals surface area contributed by atoms with Gasteiger partial charge in [-0.25, -0.2) is 4.57 Å². The lowest BCUT2D eigenvalue weighted by Crippen LogP contribution is -2.37. The zero-order chi connectivity index (χ0) is 37.9. The number of quaternary nitrogens is 1. The van der Waals surface area contributed by atoms with E-state index >= 15 is 0 Å². The van der Waals surface area contributed by atoms with Gasteiger partial charge in [0.25, 0.3) is 0 Å². The SMILES string of the molecule is CCCCCCCCCCC/C=C/CCCCC(=O)O[C@H](COC(=O)CCCCCCCCCCCCCC)COP(=O)(O)OCC[N+](C)(C)C. The molecule has 9 nitrogen and oxygen atoms in total. The first-order chi connectivity index (χ1) is 24.5. The molecule has 0 aliphatic heterocycles. The zero-order valence-corrected chi connectivity index (χ0v) is 34.7. The summed E-state index contributed by atoms with van der Waals surface area (Å²) in [4.78, 5) is 35.2. The first-order valence-corrected chi connectivity index (χ1v) is 22.4. The van der Waals surface area contributed by atoms with Gasteiger partial charge in [0, 0.05) is 12.8 Å². The van der Waals surface area contributed by atoms with E-state index in [1.54, 1.807) is 0 Å². The molecule has 2 atom stereocenters. The van der Waals surface area contributed by atoms with Crippen LogP contribution in [-0.2, 0) is 32.7 Å². The fourth-order valence-electron chi connectivity index (χ4n) is 5.71. The van der Waals surface area contributed by atoms with E-state index in [4.69, 9.17) is 18.5 Å². The Bertz CT molecular complexity index is 891. The van der Waals surface area contributed by atoms with Crippen molar-refractivity contribution in [1.82, 2.24) is 0 Å². The third-order valence-electron chi connectivity index (χ3n) is 9.05. The Morgan fingerprint density at radius 1 is 0.588 bits per heavy atom. The number of likely N-dealkylation sites (N-methyl/N-ethyl adjacent to an activating group) is 1. The zero-order valence-electron chi connectivity index (χ0n) is 33.9. The third kappa shape index (κ3) is 38.3. The number of esters is 2. The minimum absolute atomic E-state index is 0.0312. The molecular weight excluding hydrogens is 665 g/mol. The maximum absolute atomic E-state index is 12.6. The molecule has 0 saturated carbocycles. The van der Waals surface area contributed by atoms with E-state index in [2.05, 4.69) is 26.0 Å². The Balaban J connectivity index is 4.41. The molecule has 0 fully saturated rings. The highest BCUT2D eigenvalue weighted by molar-refractivity contribution is 7.47. The Kier molecular flexibility index (Phi) is 33.7. The van der Waals surface area contributed by atoms with Gasteiger partial charge in [0.05, 0.1) is 27.7 Å². The fraction of sp³-hybridized carbons (Fsp3) is 0.902. The molecule has 51 heavy (non-hydrogen) atoms. The molecule has 0 radical (unpaired) electrons. The van der Waals surface area contributed by atoms with Crippen molar-refractivity contribution in [2.75, 3.05) is 47.5 Å². The predicted octanol–water partition coefficient (Wildman–Crippen LogP) is 11.4. The molecule has 1 N–H and O–H groups in total. The van der Waals surface area contributed by atoms with Crippen LogP contribution in [0, 0.1) is 0 Å². The Morgan fingerprint density at radius 2 is 1.00 bits per heavy atom. The minimum atomic E-state index is -4.37. The average molecular weight is 747 g/mol. The van der Waals surface area contributed by atoms with Gasteiger partial charge in [-0.05, 0) is 38.5 Å². The van der Waals surface area contributed by atoms with Gasteiger partial charge in [-0.2, -0.15) is 0 Å². The van der Waals surface area contributed by atoms with Crippen molar-refractivity contribution >= 4 is 19.8 Å². The van der Waals surface area contributed by atoms with Crippen molar-refractivity contribution in [1.29, 1.82) is 0 Å². The molecule has 0 rings (SSSR count). The Morgan fingerprint density at radius 3 is 1.49 bits per heavy atom. The first-order valence-electron chi connectivity index (χ1n) is 20.9. The van der Waals surface area contributed by atoms with Gasteiger partial charge in [0.2, 0.25) is 0 Å². The van der Waals surface area contributed by atoms with E-state index in [0.29, 0.717) is 17.4 Å². The average Bonchev–Trinajstić information content (AvgIpc) is 3.07. The second kappa shape index (κ2) is 34.5. The molecule has 0 aromatic rings. The van der Waals surface area contributed by atoms with E-state index in [-0.39, 0.29) is 32.0 Å². The van der Waals surface area contributed by atoms with E-state index in [0.717, 1.165) is 38.5 Å². The van der Waals surface area contributed by atoms with Crippen LogP contribution >= 0.6 is 7.82 Å². The molecule has 0 aliphatic carbocycles. The number of allylic oxidation sites excluding steroid dienone is 2. The highest BCUT2D eigenvalue weighted by Crippen LogP contribution is 2.43. The Hall–Kier alpha value is -1.25. The van der Waals surface area contributed by atoms with Gasteiger partial charge in [0.1, 0.15) is 19.8 Å². The maximum atomic E-state index is 12.6. The molecule has 0 aromatic heterocycles. The number of unbranched alkanes of at least 4 members (excludes halogenated alkanes) is 22. The standard InChI is InChI=1S/C41H80NO8P/c1-6-8-10-12-14-16-18-20-21-22-24-26-28-30-32-34-41(44)50-39(38-49-51(45,46)48-36-35-42(3,4)5)37-47-40(43)33-31-29-27-25-23-19-17-15-13-11-9-7-2/h24,26,39H,6-23,25,27-38H2,1-5H3/p+1/b26-24+/t39-/m1/s1. The van der Waals surface area contributed by atoms with Crippen LogP contribution in [0.2, 0.25) is 0 Å². The summed E-state index contributed by atoms with van der Waals surface area (Å²) in [7, 11) is 1.47. The number of rotatable bonds is 38. The molecule has 0 aliphatic rings. The van der Waals surface area contributed by atoms with Crippen molar-refractivity contribution in [3.63, 3.8) is 0 Å². The summed E-state index contributed by atoms with van der Waals surface area (Å²) >= 11 is 0. The first kappa shape index (κ1) is 49.8. The van der Waals surface area contributed by atoms with Crippen LogP contribution in [0.3, 0.4) is 0 Å². The van der Waals surface area contributed by atoms with E-state index < -0.39 is 26.5 Å². The van der Waals surface area contributed by atoms with Crippen LogP contribution in [0.15, 0.2) is 12.2 Å². The normalized spacial score (nSPS) is 13.8. The number of carbonyl (C=O) groups excluding carboxylic acids is 2. The van der Waals surface area contributed by atoms with Crippen LogP contribution in [0.1, 0.15) is 187 Å². The second-order valence-electron chi connectivity index (χ2n) is 15.4. The van der Waals surface area contributed by atoms with Crippen LogP contribution in [0.25, 0.3) is 0 Å². The number of hydrogen-bond donors (Lipinski definition) is 1. The molecule has 0 amide bonds. The monoisotopic (exact) mass is 747 g/mol. The molecule has 0 spiro atoms. The van der Waals surface area contributed by atoms with Gasteiger partial charge in [-0.1, -0.05) is 148 Å². The van der Waals surface area contributed by atoms with E-state index in [9.17, 15) is 19.0 Å². The summed E-state index contributed by atoms with van der Waals surface area (Å²) in [5.74, 6) is -0.818. The lowest BCUT2D eigenvalue weighted by atomic mass is 10.0. The molecule has 302 valence electrons. The van der Waals surface area contributed by atoms with Crippen LogP contribution in [-0.4, -0.2) is 74.9 Å². The van der Waals surface area contributed by atoms with Crippen LogP contribution in [0.4, 0.5) is 0 Å². The summed E-state index contributed by atoms with van der Waals surface area (Å²) in [6.45, 7) is 4.40. The third-order valence-corrected chi connectivity index (χ3v) is 10.0. The molecule has 0 heterocycles. The fourth-order valence-corrected chi connectivity index (χ4v) is 6.46. The van der Waals surface area contributed by atoms with Crippen molar-refractivity contribution in [2.45, 2.75) is 193 Å². The van der Waals surface area contributed by atoms with Crippen LogP contribution in [0.5, 0.6) is 0 Å². The highest BCUT2D eigenvalue weighted by Gasteiger charge is 2.27. The summed E-state index contributed by atoms with van der Waals surface area (Å²) in [6, 6.07) is 0. The number of ether oxygens (including phenoxy) is 2. The molecular formula is C41H81NO8P+. The smallest absolute Gasteiger partial charge is 0.462 e. The van der Waals surface area contributed by atoms with Crippen LogP contribution < -0.4 is 0 Å². The number of carbonyl (C=O) groups is 2. The number of phosphoric acid groups is 1. The molecule has 0 saturated heterocycles. The highest BCUT2D eigenvalue weighted by atomic mass is 31.2. The Labute approximate surface area is 314 Å². The van der Waals surface area contributed by atoms with E-state index in [1.165, 1.54) is 116 Å². The second-order valence-corrected chi connectivity index (χ2v) is 16.8. The number of nitrogens with zero attached hydrogens (tertiary/aromatic N) is 1. The van der Waals surface area contributed by atoms with Crippen molar-refractivity contribution in [3.05, 3.63) is 12.2 Å². The van der Waals surface area contributed by atoms with Crippen molar-refractivity contribution in [3.8, 4) is 0 Å².